The Bertz CT molecular complexity index is 1150. The van der Waals surface area contributed by atoms with Gasteiger partial charge in [0.1, 0.15) is 5.60 Å². The molecule has 1 fully saturated rings. The van der Waals surface area contributed by atoms with Gasteiger partial charge in [0.25, 0.3) is 0 Å². The summed E-state index contributed by atoms with van der Waals surface area (Å²) < 4.78 is 91.1. The first-order chi connectivity index (χ1) is 18.8. The molecule has 0 bridgehead atoms. The standard InChI is InChI=1S/C28H34F6N2O5/c1-7-9-23(37)15-22-14-21(13-20(8-2)36(22)25(39)41-26(3,4)5)35(24(38)40-6)16-17-10-18(27(29,30)31)12-19(11-17)28(32,33)34/h10-12,20-22H,8,13-16H2,1-6H3. The van der Waals surface area contributed by atoms with E-state index in [0.29, 0.717) is 18.6 Å². The van der Waals surface area contributed by atoms with E-state index in [0.717, 1.165) is 12.0 Å². The second-order valence-corrected chi connectivity index (χ2v) is 10.7. The first-order valence-corrected chi connectivity index (χ1v) is 12.9. The third-order valence-electron chi connectivity index (χ3n) is 6.49. The molecule has 0 radical (unpaired) electrons. The van der Waals surface area contributed by atoms with Crippen LogP contribution in [0.25, 0.3) is 0 Å². The van der Waals surface area contributed by atoms with E-state index in [2.05, 4.69) is 11.8 Å². The van der Waals surface area contributed by atoms with E-state index in [1.54, 1.807) is 27.7 Å². The van der Waals surface area contributed by atoms with Gasteiger partial charge in [0.05, 0.1) is 18.2 Å². The van der Waals surface area contributed by atoms with Crippen molar-refractivity contribution in [1.82, 2.24) is 9.80 Å². The van der Waals surface area contributed by atoms with Crippen LogP contribution in [-0.4, -0.2) is 58.6 Å². The molecule has 13 heteroatoms. The van der Waals surface area contributed by atoms with E-state index in [1.165, 1.54) is 11.8 Å². The highest BCUT2D eigenvalue weighted by atomic mass is 19.4. The molecule has 0 N–H and O–H groups in total. The lowest BCUT2D eigenvalue weighted by atomic mass is 9.86. The monoisotopic (exact) mass is 592 g/mol. The normalized spacial score (nSPS) is 19.6. The van der Waals surface area contributed by atoms with Crippen molar-refractivity contribution in [2.24, 2.45) is 0 Å². The maximum absolute atomic E-state index is 13.5. The van der Waals surface area contributed by atoms with Gasteiger partial charge < -0.3 is 19.3 Å². The van der Waals surface area contributed by atoms with Crippen LogP contribution in [-0.2, 0) is 33.2 Å². The Balaban J connectivity index is 2.56. The molecule has 228 valence electrons. The second-order valence-electron chi connectivity index (χ2n) is 10.7. The number of halogens is 6. The van der Waals surface area contributed by atoms with Crippen molar-refractivity contribution in [3.8, 4) is 11.8 Å². The van der Waals surface area contributed by atoms with Gasteiger partial charge in [0, 0.05) is 31.1 Å². The predicted octanol–water partition coefficient (Wildman–Crippen LogP) is 6.82. The minimum absolute atomic E-state index is 0.00875. The summed E-state index contributed by atoms with van der Waals surface area (Å²) in [5.74, 6) is 4.41. The van der Waals surface area contributed by atoms with Gasteiger partial charge in [0.2, 0.25) is 5.78 Å². The van der Waals surface area contributed by atoms with E-state index in [1.807, 2.05) is 0 Å². The number of ketones is 1. The number of likely N-dealkylation sites (tertiary alicyclic amines) is 1. The molecule has 41 heavy (non-hydrogen) atoms. The lowest BCUT2D eigenvalue weighted by Crippen LogP contribution is -2.58. The topological polar surface area (TPSA) is 76.2 Å². The van der Waals surface area contributed by atoms with Gasteiger partial charge in [-0.2, -0.15) is 26.3 Å². The Kier molecular flexibility index (Phi) is 10.7. The maximum Gasteiger partial charge on any atom is 0.416 e. The summed E-state index contributed by atoms with van der Waals surface area (Å²) in [4.78, 5) is 41.0. The van der Waals surface area contributed by atoms with E-state index in [4.69, 9.17) is 9.47 Å². The Hall–Kier alpha value is -3.43. The molecule has 3 unspecified atom stereocenters. The van der Waals surface area contributed by atoms with Crippen LogP contribution in [0.15, 0.2) is 18.2 Å². The summed E-state index contributed by atoms with van der Waals surface area (Å²) in [6.07, 6.45) is -11.6. The van der Waals surface area contributed by atoms with Crippen LogP contribution >= 0.6 is 0 Å². The molecular weight excluding hydrogens is 558 g/mol. The van der Waals surface area contributed by atoms with Crippen molar-refractivity contribution in [3.05, 3.63) is 34.9 Å². The number of methoxy groups -OCH3 is 1. The van der Waals surface area contributed by atoms with Gasteiger partial charge in [0.15, 0.2) is 0 Å². The van der Waals surface area contributed by atoms with Gasteiger partial charge in [-0.25, -0.2) is 9.59 Å². The lowest BCUT2D eigenvalue weighted by molar-refractivity contribution is -0.143. The SMILES string of the molecule is CC#CC(=O)CC1CC(N(Cc2cc(C(F)(F)F)cc(C(F)(F)F)c2)C(=O)OC)CC(CC)N1C(=O)OC(C)(C)C. The first kappa shape index (κ1) is 33.8. The lowest BCUT2D eigenvalue weighted by Gasteiger charge is -2.47. The molecule has 1 aliphatic heterocycles. The number of Topliss-reactive ketones (excluding diaryl/α,β-unsaturated/α-hetero) is 1. The highest BCUT2D eigenvalue weighted by Gasteiger charge is 2.44. The van der Waals surface area contributed by atoms with Gasteiger partial charge in [-0.15, -0.1) is 0 Å². The summed E-state index contributed by atoms with van der Waals surface area (Å²) in [5.41, 5.74) is -4.30. The number of benzene rings is 1. The molecule has 1 aromatic rings. The predicted molar refractivity (Wildman–Crippen MR) is 136 cm³/mol. The van der Waals surface area contributed by atoms with Crippen LogP contribution < -0.4 is 0 Å². The summed E-state index contributed by atoms with van der Waals surface area (Å²) in [6, 6.07) is -1.08. The number of piperidine rings is 1. The van der Waals surface area contributed by atoms with Gasteiger partial charge in [-0.3, -0.25) is 4.79 Å². The Morgan fingerprint density at radius 2 is 1.51 bits per heavy atom. The summed E-state index contributed by atoms with van der Waals surface area (Å²) in [6.45, 7) is 7.60. The zero-order valence-corrected chi connectivity index (χ0v) is 23.7. The van der Waals surface area contributed by atoms with Crippen molar-refractivity contribution < 1.29 is 50.2 Å². The number of amides is 2. The molecule has 2 rings (SSSR count). The van der Waals surface area contributed by atoms with Crippen LogP contribution in [0.5, 0.6) is 0 Å². The molecule has 0 aromatic heterocycles. The summed E-state index contributed by atoms with van der Waals surface area (Å²) in [5, 5.41) is 0. The fourth-order valence-corrected chi connectivity index (χ4v) is 4.83. The zero-order valence-electron chi connectivity index (χ0n) is 23.7. The number of carbonyl (C=O) groups is 3. The number of carbonyl (C=O) groups excluding carboxylic acids is 3. The van der Waals surface area contributed by atoms with E-state index >= 15 is 0 Å². The van der Waals surface area contributed by atoms with Gasteiger partial charge >= 0.3 is 24.5 Å². The number of nitrogens with zero attached hydrogens (tertiary/aromatic N) is 2. The minimum Gasteiger partial charge on any atom is -0.453 e. The van der Waals surface area contributed by atoms with Crippen molar-refractivity contribution in [3.63, 3.8) is 0 Å². The Labute approximate surface area is 235 Å². The molecule has 1 heterocycles. The number of alkyl halides is 6. The van der Waals surface area contributed by atoms with Crippen molar-refractivity contribution in [2.45, 2.75) is 103 Å². The minimum atomic E-state index is -5.07. The average molecular weight is 593 g/mol. The quantitative estimate of drug-likeness (QED) is 0.206. The van der Waals surface area contributed by atoms with Gasteiger partial charge in [-0.1, -0.05) is 12.8 Å². The van der Waals surface area contributed by atoms with Crippen LogP contribution in [0.1, 0.15) is 77.0 Å². The van der Waals surface area contributed by atoms with Crippen LogP contribution in [0.4, 0.5) is 35.9 Å². The van der Waals surface area contributed by atoms with Crippen LogP contribution in [0.3, 0.4) is 0 Å². The maximum atomic E-state index is 13.5. The molecule has 2 amide bonds. The number of hydrogen-bond donors (Lipinski definition) is 0. The third-order valence-corrected chi connectivity index (χ3v) is 6.49. The molecule has 1 aromatic carbocycles. The number of rotatable bonds is 6. The van der Waals surface area contributed by atoms with Crippen molar-refractivity contribution in [2.75, 3.05) is 7.11 Å². The van der Waals surface area contributed by atoms with E-state index < -0.39 is 77.3 Å². The Morgan fingerprint density at radius 3 is 1.95 bits per heavy atom. The fourth-order valence-electron chi connectivity index (χ4n) is 4.83. The smallest absolute Gasteiger partial charge is 0.416 e. The molecule has 3 atom stereocenters. The summed E-state index contributed by atoms with van der Waals surface area (Å²) >= 11 is 0. The van der Waals surface area contributed by atoms with Crippen molar-refractivity contribution in [1.29, 1.82) is 0 Å². The van der Waals surface area contributed by atoms with Crippen molar-refractivity contribution >= 4 is 18.0 Å². The second kappa shape index (κ2) is 13.0. The average Bonchev–Trinajstić information content (AvgIpc) is 2.84. The highest BCUT2D eigenvalue weighted by Crippen LogP contribution is 2.38. The molecule has 0 aliphatic carbocycles. The Morgan fingerprint density at radius 1 is 0.976 bits per heavy atom. The van der Waals surface area contributed by atoms with E-state index in [9.17, 15) is 40.7 Å². The molecule has 0 saturated carbocycles. The first-order valence-electron chi connectivity index (χ1n) is 12.9. The van der Waals surface area contributed by atoms with E-state index in [-0.39, 0.29) is 25.3 Å². The summed E-state index contributed by atoms with van der Waals surface area (Å²) in [7, 11) is 1.04. The molecular formula is C28H34F6N2O5. The molecule has 1 aliphatic rings. The third kappa shape index (κ3) is 9.30. The molecule has 7 nitrogen and oxygen atoms in total. The molecule has 0 spiro atoms. The number of hydrogen-bond acceptors (Lipinski definition) is 5. The van der Waals surface area contributed by atoms with Crippen LogP contribution in [0, 0.1) is 11.8 Å². The molecule has 1 saturated heterocycles. The highest BCUT2D eigenvalue weighted by molar-refractivity contribution is 5.96. The zero-order chi connectivity index (χ0) is 31.3. The number of ether oxygens (including phenoxy) is 2. The van der Waals surface area contributed by atoms with Gasteiger partial charge in [-0.05, 0) is 76.6 Å². The largest absolute Gasteiger partial charge is 0.453 e. The fraction of sp³-hybridized carbons (Fsp3) is 0.607. The van der Waals surface area contributed by atoms with Crippen LogP contribution in [0.2, 0.25) is 0 Å².